The highest BCUT2D eigenvalue weighted by molar-refractivity contribution is 7.44. The van der Waals surface area contributed by atoms with Crippen molar-refractivity contribution in [2.24, 2.45) is 0 Å². The number of nitrogens with one attached hydrogen (secondary N) is 2. The molecule has 4 atom stereocenters. The van der Waals surface area contributed by atoms with Crippen molar-refractivity contribution < 1.29 is 61.4 Å². The molecule has 1 aliphatic heterocycles. The number of hydrogen-bond donors (Lipinski definition) is 2. The van der Waals surface area contributed by atoms with Crippen LogP contribution in [0.15, 0.2) is 193 Å². The van der Waals surface area contributed by atoms with Crippen LogP contribution in [0, 0.1) is 11.3 Å². The van der Waals surface area contributed by atoms with E-state index in [-0.39, 0.29) is 99.8 Å². The Balaban J connectivity index is 0.729. The normalized spacial score (nSPS) is 15.3. The number of aromatic nitrogens is 2. The molecule has 22 heteroatoms. The minimum atomic E-state index is -1.77. The van der Waals surface area contributed by atoms with E-state index >= 15 is 0 Å². The third-order valence-electron chi connectivity index (χ3n) is 16.6. The van der Waals surface area contributed by atoms with Crippen molar-refractivity contribution in [2.75, 3.05) is 59.6 Å². The van der Waals surface area contributed by atoms with Crippen molar-refractivity contribution in [1.82, 2.24) is 24.4 Å². The second kappa shape index (κ2) is 32.6. The molecule has 21 nitrogen and oxygen atoms in total. The number of benzene rings is 7. The molecule has 498 valence electrons. The topological polar surface area (TPSA) is 241 Å². The largest absolute Gasteiger partial charge is 0.513 e. The first-order valence-electron chi connectivity index (χ1n) is 31.7. The third-order valence-corrected chi connectivity index (χ3v) is 18.7. The lowest BCUT2D eigenvalue weighted by molar-refractivity contribution is -0.120. The number of ether oxygens (including phenoxy) is 7. The van der Waals surface area contributed by atoms with Gasteiger partial charge in [-0.3, -0.25) is 14.2 Å². The van der Waals surface area contributed by atoms with Gasteiger partial charge in [-0.1, -0.05) is 127 Å². The molecule has 2 N–H and O–H groups in total. The molecule has 1 fully saturated rings. The fraction of sp³-hybridized carbons (Fsp3) is 0.311. The van der Waals surface area contributed by atoms with Crippen LogP contribution in [0.25, 0.3) is 11.1 Å². The Morgan fingerprint density at radius 1 is 0.708 bits per heavy atom. The zero-order valence-electron chi connectivity index (χ0n) is 54.6. The average Bonchev–Trinajstić information content (AvgIpc) is 1.21. The van der Waals surface area contributed by atoms with Crippen LogP contribution in [-0.2, 0) is 51.4 Å². The second-order valence-corrected chi connectivity index (χ2v) is 25.0. The summed E-state index contributed by atoms with van der Waals surface area (Å²) in [5.41, 5.74) is 6.69. The van der Waals surface area contributed by atoms with Gasteiger partial charge >= 0.3 is 17.9 Å². The zero-order chi connectivity index (χ0) is 67.7. The molecule has 1 saturated heterocycles. The summed E-state index contributed by atoms with van der Waals surface area (Å²) in [4.78, 5) is 71.8. The van der Waals surface area contributed by atoms with Crippen LogP contribution in [0.1, 0.15) is 102 Å². The number of carbonyl (C=O) groups excluding carboxylic acids is 4. The Labute approximate surface area is 559 Å². The summed E-state index contributed by atoms with van der Waals surface area (Å²) in [6, 6.07) is 58.1. The fourth-order valence-electron chi connectivity index (χ4n) is 11.8. The number of fused-ring (bicyclic) bond motifs is 3. The van der Waals surface area contributed by atoms with E-state index < -0.39 is 56.4 Å². The molecule has 0 spiro atoms. The molecule has 1 aliphatic carbocycles. The quantitative estimate of drug-likeness (QED) is 0.0146. The lowest BCUT2D eigenvalue weighted by atomic mass is 9.80. The van der Waals surface area contributed by atoms with Crippen molar-refractivity contribution in [3.8, 4) is 34.4 Å². The van der Waals surface area contributed by atoms with Crippen LogP contribution in [0.3, 0.4) is 0 Å². The van der Waals surface area contributed by atoms with Crippen LogP contribution >= 0.6 is 8.53 Å². The number of methoxy groups -OCH3 is 2. The van der Waals surface area contributed by atoms with E-state index in [4.69, 9.17) is 42.2 Å². The molecule has 10 rings (SSSR count). The Bertz CT molecular complexity index is 3940. The van der Waals surface area contributed by atoms with Gasteiger partial charge in [0.1, 0.15) is 54.2 Å². The Hall–Kier alpha value is -9.78. The van der Waals surface area contributed by atoms with E-state index in [1.54, 1.807) is 69.8 Å². The molecular formula is C74H78N7O14P. The van der Waals surface area contributed by atoms with E-state index in [1.807, 2.05) is 115 Å². The molecule has 0 radical (unpaired) electrons. The molecule has 7 aromatic carbocycles. The standard InChI is InChI=1S/C74H78N7O14P/c1-49(2)81(50(3)4)96(92-42-15-39-75)95-65-45-69(94-66(65)48-91-74(54-16-9-8-10-17-54,55-28-34-57(87-6)35-29-55)56-30-36-58(88-7)37-31-56)80-40-38-67(78-71(80)84)77-70(83)53-26-22-52(23-27-53)46-76-68(82)44-51-24-32-59(33-25-51)93-73(86)89-43-41-79(5)72(85)90-47-64-62-20-13-11-18-60(62)61-19-12-14-21-63(61)64/h8-14,16-38,40,49-50,64-66,69H,15,41-48H2,1-7H3,(H,76,82)(H,77,78,83,84)/t65?,66-,69-,96?/m1/s1. The molecule has 8 aromatic rings. The second-order valence-electron chi connectivity index (χ2n) is 23.5. The molecule has 0 bridgehead atoms. The van der Waals surface area contributed by atoms with Crippen LogP contribution in [-0.4, -0.2) is 122 Å². The average molecular weight is 1320 g/mol. The van der Waals surface area contributed by atoms with Crippen molar-refractivity contribution in [2.45, 2.75) is 95.5 Å². The molecular weight excluding hydrogens is 1240 g/mol. The van der Waals surface area contributed by atoms with Gasteiger partial charge in [0.15, 0.2) is 0 Å². The van der Waals surface area contributed by atoms with Crippen LogP contribution in [0.5, 0.6) is 17.2 Å². The highest BCUT2D eigenvalue weighted by Crippen LogP contribution is 2.51. The van der Waals surface area contributed by atoms with Gasteiger partial charge in [-0.15, -0.1) is 0 Å². The first-order valence-corrected chi connectivity index (χ1v) is 32.8. The number of nitriles is 1. The summed E-state index contributed by atoms with van der Waals surface area (Å²) in [5.74, 6) is 0.688. The summed E-state index contributed by atoms with van der Waals surface area (Å²) >= 11 is 0. The number of amides is 3. The fourth-order valence-corrected chi connectivity index (χ4v) is 13.6. The highest BCUT2D eigenvalue weighted by atomic mass is 31.2. The summed E-state index contributed by atoms with van der Waals surface area (Å²) in [6.07, 6.45) is -1.99. The lowest BCUT2D eigenvalue weighted by Crippen LogP contribution is -2.39. The number of rotatable bonds is 29. The third kappa shape index (κ3) is 16.8. The van der Waals surface area contributed by atoms with Gasteiger partial charge in [-0.25, -0.2) is 19.1 Å². The van der Waals surface area contributed by atoms with Crippen molar-refractivity contribution in [3.63, 3.8) is 0 Å². The predicted octanol–water partition coefficient (Wildman–Crippen LogP) is 12.7. The molecule has 2 unspecified atom stereocenters. The van der Waals surface area contributed by atoms with Gasteiger partial charge in [0.25, 0.3) is 14.4 Å². The monoisotopic (exact) mass is 1320 g/mol. The van der Waals surface area contributed by atoms with Gasteiger partial charge in [-0.2, -0.15) is 10.2 Å². The maximum absolute atomic E-state index is 14.1. The maximum atomic E-state index is 14.1. The predicted molar refractivity (Wildman–Crippen MR) is 361 cm³/mol. The number of nitrogens with zero attached hydrogens (tertiary/aromatic N) is 5. The first kappa shape index (κ1) is 69.1. The van der Waals surface area contributed by atoms with Crippen molar-refractivity contribution >= 4 is 38.4 Å². The maximum Gasteiger partial charge on any atom is 0.513 e. The minimum Gasteiger partial charge on any atom is -0.497 e. The molecule has 2 heterocycles. The summed E-state index contributed by atoms with van der Waals surface area (Å²) in [7, 11) is 3.02. The Kier molecular flexibility index (Phi) is 23.4. The first-order chi connectivity index (χ1) is 46.5. The summed E-state index contributed by atoms with van der Waals surface area (Å²) in [5, 5.41) is 15.1. The van der Waals surface area contributed by atoms with Gasteiger partial charge < -0.3 is 57.7 Å². The zero-order valence-corrected chi connectivity index (χ0v) is 55.5. The number of carbonyl (C=O) groups is 4. The smallest absolute Gasteiger partial charge is 0.497 e. The van der Waals surface area contributed by atoms with Crippen LogP contribution < -0.4 is 30.5 Å². The van der Waals surface area contributed by atoms with Crippen LogP contribution in [0.2, 0.25) is 0 Å². The van der Waals surface area contributed by atoms with E-state index in [0.29, 0.717) is 17.1 Å². The van der Waals surface area contributed by atoms with E-state index in [2.05, 4.69) is 66.2 Å². The van der Waals surface area contributed by atoms with Crippen molar-refractivity contribution in [3.05, 3.63) is 243 Å². The summed E-state index contributed by atoms with van der Waals surface area (Å²) in [6.45, 7) is 8.61. The molecule has 96 heavy (non-hydrogen) atoms. The Morgan fingerprint density at radius 3 is 1.89 bits per heavy atom. The van der Waals surface area contributed by atoms with Gasteiger partial charge in [0, 0.05) is 49.8 Å². The van der Waals surface area contributed by atoms with E-state index in [1.165, 1.54) is 21.7 Å². The SMILES string of the molecule is COc1ccc(C(OC[C@H]2O[C@@H](n3ccc(NC(=O)c4ccc(CNC(=O)Cc5ccc(OC(=O)OCCN(C)C(=O)OCC6c7ccccc7-c7ccccc76)cc5)cc4)nc3=O)CC2OP(OCCC#N)N(C(C)C)C(C)C)(c2ccccc2)c2ccc(OC)cc2)cc1. The van der Waals surface area contributed by atoms with Gasteiger partial charge in [0.05, 0.1) is 59.0 Å². The van der Waals surface area contributed by atoms with E-state index in [9.17, 15) is 29.2 Å². The minimum absolute atomic E-state index is 0.00198. The van der Waals surface area contributed by atoms with Gasteiger partial charge in [0.2, 0.25) is 5.91 Å². The lowest BCUT2D eigenvalue weighted by Gasteiger charge is -2.39. The number of hydrogen-bond acceptors (Lipinski definition) is 17. The number of anilines is 1. The Morgan fingerprint density at radius 2 is 1.29 bits per heavy atom. The molecule has 1 aromatic heterocycles. The molecule has 0 saturated carbocycles. The number of likely N-dealkylation sites (N-methyl/N-ethyl adjacent to an activating group) is 1. The van der Waals surface area contributed by atoms with Crippen molar-refractivity contribution in [1.29, 1.82) is 5.26 Å². The summed E-state index contributed by atoms with van der Waals surface area (Å²) < 4.78 is 58.4. The van der Waals surface area contributed by atoms with Crippen LogP contribution in [0.4, 0.5) is 15.4 Å². The van der Waals surface area contributed by atoms with E-state index in [0.717, 1.165) is 44.5 Å². The molecule has 3 amide bonds. The van der Waals surface area contributed by atoms with Gasteiger partial charge in [-0.05, 0) is 132 Å². The highest BCUT2D eigenvalue weighted by Gasteiger charge is 2.45. The molecule has 2 aliphatic rings.